The summed E-state index contributed by atoms with van der Waals surface area (Å²) in [5.41, 5.74) is 1.40. The average molecular weight is 314 g/mol. The molecule has 2 aliphatic heterocycles. The molecule has 0 radical (unpaired) electrons. The molecular formula is C17H18N2O4. The Bertz CT molecular complexity index is 683. The average Bonchev–Trinajstić information content (AvgIpc) is 2.76. The Morgan fingerprint density at radius 2 is 1.87 bits per heavy atom. The number of amides is 3. The van der Waals surface area contributed by atoms with Crippen LogP contribution < -0.4 is 5.32 Å². The van der Waals surface area contributed by atoms with Crippen LogP contribution >= 0.6 is 0 Å². The molecule has 6 heteroatoms. The first-order valence-corrected chi connectivity index (χ1v) is 8.06. The molecule has 0 aromatic heterocycles. The summed E-state index contributed by atoms with van der Waals surface area (Å²) in [5.74, 6) is -0.893. The first-order chi connectivity index (χ1) is 11.1. The van der Waals surface area contributed by atoms with Gasteiger partial charge in [-0.2, -0.15) is 0 Å². The highest BCUT2D eigenvalue weighted by Gasteiger charge is 2.46. The summed E-state index contributed by atoms with van der Waals surface area (Å²) in [6.07, 6.45) is 3.28. The van der Waals surface area contributed by atoms with Gasteiger partial charge in [-0.25, -0.2) is 0 Å². The van der Waals surface area contributed by atoms with Gasteiger partial charge in [-0.15, -0.1) is 0 Å². The van der Waals surface area contributed by atoms with E-state index in [9.17, 15) is 14.4 Å². The molecular weight excluding hydrogens is 296 g/mol. The molecule has 2 unspecified atom stereocenters. The van der Waals surface area contributed by atoms with Crippen LogP contribution in [0.1, 0.15) is 54.3 Å². The van der Waals surface area contributed by atoms with Crippen molar-refractivity contribution in [2.75, 3.05) is 0 Å². The van der Waals surface area contributed by atoms with E-state index in [0.29, 0.717) is 12.0 Å². The first kappa shape index (κ1) is 14.4. The van der Waals surface area contributed by atoms with Gasteiger partial charge in [-0.3, -0.25) is 24.6 Å². The van der Waals surface area contributed by atoms with Crippen LogP contribution in [0.4, 0.5) is 0 Å². The van der Waals surface area contributed by atoms with Crippen molar-refractivity contribution in [2.45, 2.75) is 50.5 Å². The van der Waals surface area contributed by atoms with Gasteiger partial charge in [0.05, 0.1) is 6.10 Å². The summed E-state index contributed by atoms with van der Waals surface area (Å²) in [5, 5.41) is 2.33. The standard InChI is InChI=1S/C17H18N2O4/c20-14-9-8-13(15(21)18-14)19-16(22)11-6-1-2-7-12(11)17(19)23-10-4-3-5-10/h1-2,6-7,10,13,17H,3-5,8-9H2,(H,18,20,21). The fraction of sp³-hybridized carbons (Fsp3) is 0.471. The van der Waals surface area contributed by atoms with Crippen molar-refractivity contribution >= 4 is 17.7 Å². The Morgan fingerprint density at radius 1 is 1.09 bits per heavy atom. The summed E-state index contributed by atoms with van der Waals surface area (Å²) in [7, 11) is 0. The summed E-state index contributed by atoms with van der Waals surface area (Å²) in [6.45, 7) is 0. The van der Waals surface area contributed by atoms with E-state index in [2.05, 4.69) is 5.32 Å². The molecule has 6 nitrogen and oxygen atoms in total. The predicted octanol–water partition coefficient (Wildman–Crippen LogP) is 1.52. The van der Waals surface area contributed by atoms with Gasteiger partial charge in [0.1, 0.15) is 6.04 Å². The smallest absolute Gasteiger partial charge is 0.257 e. The summed E-state index contributed by atoms with van der Waals surface area (Å²) < 4.78 is 6.13. The first-order valence-electron chi connectivity index (χ1n) is 8.06. The number of hydrogen-bond donors (Lipinski definition) is 1. The van der Waals surface area contributed by atoms with Crippen LogP contribution in [0.5, 0.6) is 0 Å². The number of nitrogens with one attached hydrogen (secondary N) is 1. The minimum atomic E-state index is -0.655. The van der Waals surface area contributed by atoms with E-state index >= 15 is 0 Å². The van der Waals surface area contributed by atoms with Gasteiger partial charge in [0.2, 0.25) is 11.8 Å². The van der Waals surface area contributed by atoms with Crippen molar-refractivity contribution in [2.24, 2.45) is 0 Å². The van der Waals surface area contributed by atoms with Gasteiger partial charge in [-0.05, 0) is 31.7 Å². The Hall–Kier alpha value is -2.21. The molecule has 120 valence electrons. The van der Waals surface area contributed by atoms with Gasteiger partial charge < -0.3 is 4.74 Å². The third-order valence-corrected chi connectivity index (χ3v) is 4.86. The lowest BCUT2D eigenvalue weighted by atomic mass is 9.96. The lowest BCUT2D eigenvalue weighted by molar-refractivity contribution is -0.148. The Morgan fingerprint density at radius 3 is 2.57 bits per heavy atom. The Kier molecular flexibility index (Phi) is 3.41. The van der Waals surface area contributed by atoms with Crippen molar-refractivity contribution < 1.29 is 19.1 Å². The second-order valence-electron chi connectivity index (χ2n) is 6.31. The van der Waals surface area contributed by atoms with E-state index in [-0.39, 0.29) is 24.3 Å². The van der Waals surface area contributed by atoms with E-state index in [4.69, 9.17) is 4.74 Å². The van der Waals surface area contributed by atoms with Crippen molar-refractivity contribution in [3.63, 3.8) is 0 Å². The molecule has 3 amide bonds. The number of carbonyl (C=O) groups excluding carboxylic acids is 3. The number of hydrogen-bond acceptors (Lipinski definition) is 4. The number of piperidine rings is 1. The van der Waals surface area contributed by atoms with Crippen LogP contribution in [0.25, 0.3) is 0 Å². The number of rotatable bonds is 3. The lowest BCUT2D eigenvalue weighted by Gasteiger charge is -2.37. The molecule has 1 aliphatic carbocycles. The van der Waals surface area contributed by atoms with Crippen molar-refractivity contribution in [1.29, 1.82) is 0 Å². The van der Waals surface area contributed by atoms with Crippen LogP contribution in [-0.4, -0.2) is 34.8 Å². The van der Waals surface area contributed by atoms with E-state index in [1.54, 1.807) is 6.07 Å². The zero-order valence-corrected chi connectivity index (χ0v) is 12.7. The van der Waals surface area contributed by atoms with Crippen LogP contribution in [0.3, 0.4) is 0 Å². The van der Waals surface area contributed by atoms with Gasteiger partial charge in [0, 0.05) is 17.5 Å². The largest absolute Gasteiger partial charge is 0.351 e. The fourth-order valence-corrected chi connectivity index (χ4v) is 3.38. The molecule has 2 heterocycles. The highest BCUT2D eigenvalue weighted by Crippen LogP contribution is 2.40. The molecule has 4 rings (SSSR count). The van der Waals surface area contributed by atoms with E-state index in [0.717, 1.165) is 24.8 Å². The molecule has 0 bridgehead atoms. The molecule has 1 saturated carbocycles. The molecule has 1 aromatic rings. The summed E-state index contributed by atoms with van der Waals surface area (Å²) in [6, 6.07) is 6.67. The third-order valence-electron chi connectivity index (χ3n) is 4.86. The highest BCUT2D eigenvalue weighted by molar-refractivity contribution is 6.05. The van der Waals surface area contributed by atoms with Crippen LogP contribution in [0.2, 0.25) is 0 Å². The summed E-state index contributed by atoms with van der Waals surface area (Å²) >= 11 is 0. The van der Waals surface area contributed by atoms with Crippen molar-refractivity contribution in [3.8, 4) is 0 Å². The SMILES string of the molecule is O=C1CCC(N2C(=O)c3ccccc3C2OC2CCC2)C(=O)N1. The number of carbonyl (C=O) groups is 3. The molecule has 23 heavy (non-hydrogen) atoms. The number of imide groups is 1. The van der Waals surface area contributed by atoms with Crippen molar-refractivity contribution in [1.82, 2.24) is 10.2 Å². The minimum Gasteiger partial charge on any atom is -0.351 e. The maximum absolute atomic E-state index is 12.8. The molecule has 2 fully saturated rings. The van der Waals surface area contributed by atoms with Crippen LogP contribution in [0, 0.1) is 0 Å². The minimum absolute atomic E-state index is 0.134. The highest BCUT2D eigenvalue weighted by atomic mass is 16.5. The Balaban J connectivity index is 1.67. The second-order valence-corrected chi connectivity index (χ2v) is 6.31. The maximum atomic E-state index is 12.8. The van der Waals surface area contributed by atoms with Gasteiger partial charge in [0.15, 0.2) is 6.23 Å². The molecule has 0 spiro atoms. The van der Waals surface area contributed by atoms with Crippen LogP contribution in [0.15, 0.2) is 24.3 Å². The zero-order valence-electron chi connectivity index (χ0n) is 12.7. The lowest BCUT2D eigenvalue weighted by Crippen LogP contribution is -2.54. The van der Waals surface area contributed by atoms with E-state index in [1.807, 2.05) is 18.2 Å². The predicted molar refractivity (Wildman–Crippen MR) is 80.2 cm³/mol. The maximum Gasteiger partial charge on any atom is 0.257 e. The molecule has 2 atom stereocenters. The summed E-state index contributed by atoms with van der Waals surface area (Å²) in [4.78, 5) is 37.9. The van der Waals surface area contributed by atoms with Crippen molar-refractivity contribution in [3.05, 3.63) is 35.4 Å². The Labute approximate surface area is 133 Å². The topological polar surface area (TPSA) is 75.7 Å². The number of benzene rings is 1. The van der Waals surface area contributed by atoms with E-state index < -0.39 is 18.2 Å². The second kappa shape index (κ2) is 5.45. The van der Waals surface area contributed by atoms with Gasteiger partial charge >= 0.3 is 0 Å². The van der Waals surface area contributed by atoms with Gasteiger partial charge in [-0.1, -0.05) is 18.2 Å². The van der Waals surface area contributed by atoms with E-state index in [1.165, 1.54) is 4.90 Å². The molecule has 1 N–H and O–H groups in total. The molecule has 3 aliphatic rings. The monoisotopic (exact) mass is 314 g/mol. The quantitative estimate of drug-likeness (QED) is 0.858. The number of ether oxygens (including phenoxy) is 1. The normalized spacial score (nSPS) is 27.7. The molecule has 1 saturated heterocycles. The fourth-order valence-electron chi connectivity index (χ4n) is 3.38. The van der Waals surface area contributed by atoms with Gasteiger partial charge in [0.25, 0.3) is 5.91 Å². The number of fused-ring (bicyclic) bond motifs is 1. The van der Waals surface area contributed by atoms with Crippen LogP contribution in [-0.2, 0) is 14.3 Å². The third kappa shape index (κ3) is 2.34. The number of nitrogens with zero attached hydrogens (tertiary/aromatic N) is 1. The molecule has 1 aromatic carbocycles. The zero-order chi connectivity index (χ0) is 16.0.